The first-order chi connectivity index (χ1) is 10.6. The van der Waals surface area contributed by atoms with Gasteiger partial charge in [0, 0.05) is 18.0 Å². The molecule has 22 heavy (non-hydrogen) atoms. The minimum absolute atomic E-state index is 0.162. The Kier molecular flexibility index (Phi) is 5.97. The monoisotopic (exact) mass is 323 g/mol. The van der Waals surface area contributed by atoms with E-state index in [4.69, 9.17) is 0 Å². The molecule has 0 atom stereocenters. The quantitative estimate of drug-likeness (QED) is 0.812. The van der Waals surface area contributed by atoms with E-state index in [1.165, 1.54) is 20.8 Å². The molecular weight excluding hydrogens is 298 g/mol. The Morgan fingerprint density at radius 1 is 1.23 bits per heavy atom. The Hall–Kier alpha value is -1.40. The first-order valence-corrected chi connectivity index (χ1v) is 8.90. The Morgan fingerprint density at radius 2 is 1.95 bits per heavy atom. The summed E-state index contributed by atoms with van der Waals surface area (Å²) in [6.07, 6.45) is 3.20. The van der Waals surface area contributed by atoms with E-state index in [1.54, 1.807) is 0 Å². The number of rotatable bonds is 8. The Balaban J connectivity index is 2.31. The molecule has 0 fully saturated rings. The third-order valence-corrected chi connectivity index (χ3v) is 5.15. The second kappa shape index (κ2) is 7.74. The minimum Gasteiger partial charge on any atom is -0.302 e. The van der Waals surface area contributed by atoms with Crippen molar-refractivity contribution < 1.29 is 0 Å². The summed E-state index contributed by atoms with van der Waals surface area (Å²) in [5, 5.41) is 0.648. The number of thiophene rings is 1. The van der Waals surface area contributed by atoms with Crippen LogP contribution in [0.5, 0.6) is 0 Å². The van der Waals surface area contributed by atoms with Crippen LogP contribution in [0.2, 0.25) is 0 Å². The van der Waals surface area contributed by atoms with Crippen LogP contribution in [0.25, 0.3) is 10.2 Å². The number of fused-ring (bicyclic) bond motifs is 1. The normalized spacial score (nSPS) is 11.6. The van der Waals surface area contributed by atoms with Gasteiger partial charge in [0.25, 0.3) is 5.56 Å². The molecule has 0 aliphatic carbocycles. The predicted octanol–water partition coefficient (Wildman–Crippen LogP) is 2.44. The molecule has 5 nitrogen and oxygen atoms in total. The first kappa shape index (κ1) is 17.0. The average molecular weight is 323 g/mol. The lowest BCUT2D eigenvalue weighted by Gasteiger charge is -2.17. The molecule has 0 saturated heterocycles. The average Bonchev–Trinajstić information content (AvgIpc) is 2.91. The van der Waals surface area contributed by atoms with Crippen molar-refractivity contribution in [3.63, 3.8) is 0 Å². The number of hydrogen-bond donors (Lipinski definition) is 1. The number of nitrogens with one attached hydrogen (secondary N) is 1. The zero-order valence-electron chi connectivity index (χ0n) is 13.6. The molecule has 0 radical (unpaired) electrons. The second-order valence-electron chi connectivity index (χ2n) is 5.47. The van der Waals surface area contributed by atoms with Crippen molar-refractivity contribution in [3.05, 3.63) is 31.8 Å². The number of H-pyrrole nitrogens is 1. The summed E-state index contributed by atoms with van der Waals surface area (Å²) < 4.78 is 1.33. The molecule has 2 rings (SSSR count). The maximum atomic E-state index is 12.6. The van der Waals surface area contributed by atoms with E-state index in [0.29, 0.717) is 23.3 Å². The van der Waals surface area contributed by atoms with Crippen LogP contribution in [0.15, 0.2) is 15.7 Å². The highest BCUT2D eigenvalue weighted by Crippen LogP contribution is 2.21. The van der Waals surface area contributed by atoms with Gasteiger partial charge in [-0.15, -0.1) is 11.3 Å². The van der Waals surface area contributed by atoms with Crippen LogP contribution in [0.4, 0.5) is 0 Å². The van der Waals surface area contributed by atoms with Gasteiger partial charge in [-0.2, -0.15) is 0 Å². The smallest absolute Gasteiger partial charge is 0.302 e. The Bertz CT molecular complexity index is 725. The van der Waals surface area contributed by atoms with E-state index in [0.717, 1.165) is 32.4 Å². The summed E-state index contributed by atoms with van der Waals surface area (Å²) >= 11 is 1.53. The lowest BCUT2D eigenvalue weighted by Crippen LogP contribution is -2.38. The van der Waals surface area contributed by atoms with E-state index in [2.05, 4.69) is 30.7 Å². The molecule has 0 aromatic carbocycles. The Labute approximate surface area is 134 Å². The number of unbranched alkanes of at least 4 members (excludes halogenated alkanes) is 1. The number of nitrogens with zero attached hydrogens (tertiary/aromatic N) is 2. The van der Waals surface area contributed by atoms with Crippen LogP contribution in [0.3, 0.4) is 0 Å². The highest BCUT2D eigenvalue weighted by atomic mass is 32.1. The van der Waals surface area contributed by atoms with E-state index in [-0.39, 0.29) is 11.2 Å². The summed E-state index contributed by atoms with van der Waals surface area (Å²) in [6, 6.07) is 1.95. The van der Waals surface area contributed by atoms with E-state index < -0.39 is 0 Å². The first-order valence-electron chi connectivity index (χ1n) is 8.08. The SMILES string of the molecule is CCCCc1cc2c(=O)n(CCN(CC)CC)c(=O)[nH]c2s1. The largest absolute Gasteiger partial charge is 0.329 e. The van der Waals surface area contributed by atoms with Crippen molar-refractivity contribution in [2.45, 2.75) is 46.6 Å². The molecule has 0 bridgehead atoms. The standard InChI is InChI=1S/C16H25N3O2S/c1-4-7-8-12-11-13-14(22-12)17-16(21)19(15(13)20)10-9-18(5-2)6-3/h11H,4-10H2,1-3H3,(H,17,21). The van der Waals surface area contributed by atoms with Gasteiger partial charge in [-0.3, -0.25) is 14.3 Å². The number of aromatic nitrogens is 2. The summed E-state index contributed by atoms with van der Waals surface area (Å²) in [6.45, 7) is 9.31. The maximum Gasteiger partial charge on any atom is 0.329 e. The van der Waals surface area contributed by atoms with Gasteiger partial charge in [-0.25, -0.2) is 4.79 Å². The van der Waals surface area contributed by atoms with Crippen molar-refractivity contribution in [1.82, 2.24) is 14.5 Å². The van der Waals surface area contributed by atoms with Gasteiger partial charge in [-0.1, -0.05) is 27.2 Å². The van der Waals surface area contributed by atoms with Gasteiger partial charge in [0.15, 0.2) is 0 Å². The molecular formula is C16H25N3O2S. The number of aryl methyl sites for hydroxylation is 1. The number of hydrogen-bond acceptors (Lipinski definition) is 4. The summed E-state index contributed by atoms with van der Waals surface area (Å²) in [5.41, 5.74) is -0.460. The van der Waals surface area contributed by atoms with Crippen LogP contribution in [0, 0.1) is 0 Å². The Morgan fingerprint density at radius 3 is 2.59 bits per heavy atom. The van der Waals surface area contributed by atoms with E-state index >= 15 is 0 Å². The van der Waals surface area contributed by atoms with Gasteiger partial charge < -0.3 is 4.90 Å². The van der Waals surface area contributed by atoms with Gasteiger partial charge in [-0.05, 0) is 32.0 Å². The van der Waals surface area contributed by atoms with Crippen LogP contribution in [-0.4, -0.2) is 34.1 Å². The summed E-state index contributed by atoms with van der Waals surface area (Å²) in [4.78, 5) is 31.7. The topological polar surface area (TPSA) is 58.1 Å². The third kappa shape index (κ3) is 3.67. The van der Waals surface area contributed by atoms with Crippen LogP contribution in [0.1, 0.15) is 38.5 Å². The number of aromatic amines is 1. The molecule has 1 N–H and O–H groups in total. The molecule has 122 valence electrons. The van der Waals surface area contributed by atoms with Gasteiger partial charge in [0.1, 0.15) is 4.83 Å². The zero-order valence-corrected chi connectivity index (χ0v) is 14.5. The maximum absolute atomic E-state index is 12.6. The zero-order chi connectivity index (χ0) is 16.1. The second-order valence-corrected chi connectivity index (χ2v) is 6.61. The minimum atomic E-state index is -0.298. The van der Waals surface area contributed by atoms with Crippen LogP contribution >= 0.6 is 11.3 Å². The van der Waals surface area contributed by atoms with Crippen LogP contribution in [-0.2, 0) is 13.0 Å². The fraction of sp³-hybridized carbons (Fsp3) is 0.625. The predicted molar refractivity (Wildman–Crippen MR) is 93.1 cm³/mol. The van der Waals surface area contributed by atoms with Crippen molar-refractivity contribution in [2.75, 3.05) is 19.6 Å². The molecule has 2 heterocycles. The van der Waals surface area contributed by atoms with Crippen molar-refractivity contribution in [3.8, 4) is 0 Å². The summed E-state index contributed by atoms with van der Waals surface area (Å²) in [7, 11) is 0. The van der Waals surface area contributed by atoms with E-state index in [9.17, 15) is 9.59 Å². The molecule has 0 aliphatic heterocycles. The molecule has 0 spiro atoms. The highest BCUT2D eigenvalue weighted by molar-refractivity contribution is 7.18. The van der Waals surface area contributed by atoms with E-state index in [1.807, 2.05) is 6.07 Å². The molecule has 0 amide bonds. The lowest BCUT2D eigenvalue weighted by atomic mass is 10.2. The molecule has 0 aliphatic rings. The van der Waals surface area contributed by atoms with Gasteiger partial charge >= 0.3 is 5.69 Å². The van der Waals surface area contributed by atoms with Crippen molar-refractivity contribution in [2.24, 2.45) is 0 Å². The highest BCUT2D eigenvalue weighted by Gasteiger charge is 2.12. The summed E-state index contributed by atoms with van der Waals surface area (Å²) in [5.74, 6) is 0. The van der Waals surface area contributed by atoms with Crippen molar-refractivity contribution >= 4 is 21.6 Å². The molecule has 6 heteroatoms. The molecule has 2 aromatic rings. The number of likely N-dealkylation sites (N-methyl/N-ethyl adjacent to an activating group) is 1. The fourth-order valence-electron chi connectivity index (χ4n) is 2.55. The lowest BCUT2D eigenvalue weighted by molar-refractivity contribution is 0.287. The third-order valence-electron chi connectivity index (χ3n) is 4.04. The van der Waals surface area contributed by atoms with Crippen molar-refractivity contribution in [1.29, 1.82) is 0 Å². The molecule has 0 saturated carbocycles. The fourth-order valence-corrected chi connectivity index (χ4v) is 3.63. The molecule has 2 aromatic heterocycles. The van der Waals surface area contributed by atoms with Gasteiger partial charge in [0.2, 0.25) is 0 Å². The van der Waals surface area contributed by atoms with Gasteiger partial charge in [0.05, 0.1) is 5.39 Å². The molecule has 0 unspecified atom stereocenters. The van der Waals surface area contributed by atoms with Crippen LogP contribution < -0.4 is 11.2 Å².